The summed E-state index contributed by atoms with van der Waals surface area (Å²) in [6, 6.07) is 8.50. The van der Waals surface area contributed by atoms with Gasteiger partial charge in [0.05, 0.1) is 5.69 Å². The number of benzene rings is 1. The van der Waals surface area contributed by atoms with Crippen molar-refractivity contribution in [3.8, 4) is 0 Å². The van der Waals surface area contributed by atoms with Gasteiger partial charge in [-0.1, -0.05) is 23.5 Å². The summed E-state index contributed by atoms with van der Waals surface area (Å²) in [5.74, 6) is -0.219. The molecule has 0 spiro atoms. The molecular weight excluding hydrogens is 327 g/mol. The van der Waals surface area contributed by atoms with Gasteiger partial charge in [-0.2, -0.15) is 9.61 Å². The van der Waals surface area contributed by atoms with Crippen molar-refractivity contribution in [1.82, 2.24) is 19.5 Å². The van der Waals surface area contributed by atoms with Gasteiger partial charge in [0.25, 0.3) is 5.56 Å². The van der Waals surface area contributed by atoms with Crippen molar-refractivity contribution in [2.45, 2.75) is 32.4 Å². The molecule has 3 aromatic rings. The normalized spacial score (nSPS) is 18.5. The minimum absolute atomic E-state index is 0.142. The van der Waals surface area contributed by atoms with Crippen LogP contribution in [0, 0.1) is 12.7 Å². The molecule has 24 heavy (non-hydrogen) atoms. The number of halogens is 1. The SMILES string of the molecule is Cc1nn2c(=O)cc(CN3CCC[C@@H]3c3ccc(F)cc3)nc2s1. The third kappa shape index (κ3) is 2.85. The Labute approximate surface area is 142 Å². The van der Waals surface area contributed by atoms with Gasteiger partial charge in [-0.25, -0.2) is 9.37 Å². The van der Waals surface area contributed by atoms with Crippen molar-refractivity contribution in [1.29, 1.82) is 0 Å². The highest BCUT2D eigenvalue weighted by Gasteiger charge is 2.26. The Bertz CT molecular complexity index is 934. The van der Waals surface area contributed by atoms with E-state index in [0.29, 0.717) is 11.5 Å². The molecule has 3 heterocycles. The van der Waals surface area contributed by atoms with E-state index < -0.39 is 0 Å². The van der Waals surface area contributed by atoms with Gasteiger partial charge in [0.15, 0.2) is 0 Å². The molecule has 0 radical (unpaired) electrons. The zero-order valence-corrected chi connectivity index (χ0v) is 14.1. The second-order valence-electron chi connectivity index (χ2n) is 6.08. The maximum Gasteiger partial charge on any atom is 0.275 e. The van der Waals surface area contributed by atoms with E-state index >= 15 is 0 Å². The van der Waals surface area contributed by atoms with E-state index in [1.165, 1.54) is 28.0 Å². The molecule has 0 N–H and O–H groups in total. The fraction of sp³-hybridized carbons (Fsp3) is 0.353. The zero-order valence-electron chi connectivity index (χ0n) is 13.3. The monoisotopic (exact) mass is 344 g/mol. The third-order valence-electron chi connectivity index (χ3n) is 4.38. The van der Waals surface area contributed by atoms with E-state index in [1.54, 1.807) is 6.07 Å². The van der Waals surface area contributed by atoms with Crippen LogP contribution < -0.4 is 5.56 Å². The fourth-order valence-corrected chi connectivity index (χ4v) is 4.09. The van der Waals surface area contributed by atoms with Crippen LogP contribution in [0.25, 0.3) is 4.96 Å². The van der Waals surface area contributed by atoms with E-state index in [0.717, 1.165) is 35.7 Å². The van der Waals surface area contributed by atoms with Crippen LogP contribution >= 0.6 is 11.3 Å². The molecule has 1 aliphatic heterocycles. The van der Waals surface area contributed by atoms with Gasteiger partial charge in [0.2, 0.25) is 4.96 Å². The minimum atomic E-state index is -0.219. The predicted molar refractivity (Wildman–Crippen MR) is 90.7 cm³/mol. The Kier molecular flexibility index (Phi) is 3.90. The summed E-state index contributed by atoms with van der Waals surface area (Å²) in [5, 5.41) is 4.99. The highest BCUT2D eigenvalue weighted by molar-refractivity contribution is 7.16. The summed E-state index contributed by atoms with van der Waals surface area (Å²) >= 11 is 1.42. The summed E-state index contributed by atoms with van der Waals surface area (Å²) in [7, 11) is 0. The molecule has 1 atom stereocenters. The van der Waals surface area contributed by atoms with Crippen LogP contribution in [0.5, 0.6) is 0 Å². The zero-order chi connectivity index (χ0) is 16.7. The highest BCUT2D eigenvalue weighted by Crippen LogP contribution is 2.32. The molecule has 2 aromatic heterocycles. The van der Waals surface area contributed by atoms with Gasteiger partial charge in [0.1, 0.15) is 10.8 Å². The molecule has 5 nitrogen and oxygen atoms in total. The van der Waals surface area contributed by atoms with Crippen molar-refractivity contribution in [3.63, 3.8) is 0 Å². The number of likely N-dealkylation sites (tertiary alicyclic amines) is 1. The number of rotatable bonds is 3. The molecule has 4 rings (SSSR count). The van der Waals surface area contributed by atoms with Gasteiger partial charge in [-0.15, -0.1) is 0 Å². The number of fused-ring (bicyclic) bond motifs is 1. The number of hydrogen-bond acceptors (Lipinski definition) is 5. The lowest BCUT2D eigenvalue weighted by molar-refractivity contribution is 0.245. The Morgan fingerprint density at radius 3 is 2.92 bits per heavy atom. The van der Waals surface area contributed by atoms with Gasteiger partial charge in [0, 0.05) is 18.7 Å². The smallest absolute Gasteiger partial charge is 0.275 e. The van der Waals surface area contributed by atoms with Crippen molar-refractivity contribution in [3.05, 3.63) is 62.8 Å². The second kappa shape index (κ2) is 6.07. The summed E-state index contributed by atoms with van der Waals surface area (Å²) in [6.45, 7) is 3.43. The number of hydrogen-bond donors (Lipinski definition) is 0. The Morgan fingerprint density at radius 2 is 2.12 bits per heavy atom. The van der Waals surface area contributed by atoms with Crippen LogP contribution in [0.15, 0.2) is 35.1 Å². The average molecular weight is 344 g/mol. The van der Waals surface area contributed by atoms with Crippen molar-refractivity contribution in [2.75, 3.05) is 6.54 Å². The molecule has 1 saturated heterocycles. The predicted octanol–water partition coefficient (Wildman–Crippen LogP) is 2.94. The van der Waals surface area contributed by atoms with Gasteiger partial charge < -0.3 is 0 Å². The highest BCUT2D eigenvalue weighted by atomic mass is 32.1. The largest absolute Gasteiger partial charge is 0.291 e. The quantitative estimate of drug-likeness (QED) is 0.733. The molecule has 0 bridgehead atoms. The number of aryl methyl sites for hydroxylation is 1. The van der Waals surface area contributed by atoms with Crippen LogP contribution in [0.4, 0.5) is 4.39 Å². The second-order valence-corrected chi connectivity index (χ2v) is 7.24. The van der Waals surface area contributed by atoms with Crippen LogP contribution in [-0.4, -0.2) is 26.0 Å². The minimum Gasteiger partial charge on any atom is -0.291 e. The van der Waals surface area contributed by atoms with Crippen molar-refractivity contribution in [2.24, 2.45) is 0 Å². The average Bonchev–Trinajstić information content (AvgIpc) is 3.14. The van der Waals surface area contributed by atoms with E-state index in [2.05, 4.69) is 15.0 Å². The fourth-order valence-electron chi connectivity index (χ4n) is 3.32. The molecular formula is C17H17FN4OS. The maximum absolute atomic E-state index is 13.1. The van der Waals surface area contributed by atoms with Crippen molar-refractivity contribution < 1.29 is 4.39 Å². The molecule has 1 aliphatic rings. The molecule has 124 valence electrons. The summed E-state index contributed by atoms with van der Waals surface area (Å²) in [4.78, 5) is 19.7. The molecule has 0 amide bonds. The van der Waals surface area contributed by atoms with E-state index in [1.807, 2.05) is 19.1 Å². The molecule has 1 fully saturated rings. The van der Waals surface area contributed by atoms with Gasteiger partial charge >= 0.3 is 0 Å². The lowest BCUT2D eigenvalue weighted by Gasteiger charge is -2.24. The van der Waals surface area contributed by atoms with Crippen LogP contribution in [-0.2, 0) is 6.54 Å². The van der Waals surface area contributed by atoms with E-state index in [9.17, 15) is 9.18 Å². The van der Waals surface area contributed by atoms with Crippen LogP contribution in [0.2, 0.25) is 0 Å². The number of nitrogens with zero attached hydrogens (tertiary/aromatic N) is 4. The first kappa shape index (κ1) is 15.4. The summed E-state index contributed by atoms with van der Waals surface area (Å²) < 4.78 is 14.5. The molecule has 7 heteroatoms. The first-order valence-electron chi connectivity index (χ1n) is 7.96. The summed E-state index contributed by atoms with van der Waals surface area (Å²) in [6.07, 6.45) is 2.12. The summed E-state index contributed by atoms with van der Waals surface area (Å²) in [5.41, 5.74) is 1.73. The number of aromatic nitrogens is 3. The van der Waals surface area contributed by atoms with Crippen molar-refractivity contribution >= 4 is 16.3 Å². The lowest BCUT2D eigenvalue weighted by atomic mass is 10.0. The topological polar surface area (TPSA) is 50.5 Å². The first-order chi connectivity index (χ1) is 11.6. The Balaban J connectivity index is 1.62. The third-order valence-corrected chi connectivity index (χ3v) is 5.21. The van der Waals surface area contributed by atoms with E-state index in [-0.39, 0.29) is 17.4 Å². The molecule has 0 aliphatic carbocycles. The first-order valence-corrected chi connectivity index (χ1v) is 8.78. The Morgan fingerprint density at radius 1 is 1.33 bits per heavy atom. The van der Waals surface area contributed by atoms with Gasteiger partial charge in [-0.3, -0.25) is 9.69 Å². The molecule has 0 saturated carbocycles. The van der Waals surface area contributed by atoms with Crippen LogP contribution in [0.1, 0.15) is 35.1 Å². The Hall–Kier alpha value is -2.12. The molecule has 0 unspecified atom stereocenters. The maximum atomic E-state index is 13.1. The lowest BCUT2D eigenvalue weighted by Crippen LogP contribution is -2.25. The standard InChI is InChI=1S/C17H17FN4OS/c1-11-20-22-16(23)9-14(19-17(22)24-11)10-21-8-2-3-15(21)12-4-6-13(18)7-5-12/h4-7,9,15H,2-3,8,10H2,1H3/t15-/m1/s1. The van der Waals surface area contributed by atoms with E-state index in [4.69, 9.17) is 0 Å². The molecule has 1 aromatic carbocycles. The van der Waals surface area contributed by atoms with Gasteiger partial charge in [-0.05, 0) is 44.0 Å². The van der Waals surface area contributed by atoms with Crippen LogP contribution in [0.3, 0.4) is 0 Å².